The summed E-state index contributed by atoms with van der Waals surface area (Å²) in [7, 11) is 0. The molecule has 0 aliphatic carbocycles. The number of halogens is 2. The van der Waals surface area contributed by atoms with Crippen LogP contribution >= 0.6 is 46.3 Å². The fraction of sp³-hybridized carbons (Fsp3) is 0.200. The number of furan rings is 1. The maximum atomic E-state index is 12.1. The first-order valence-corrected chi connectivity index (χ1v) is 9.91. The molecule has 136 valence electrons. The molecule has 0 saturated carbocycles. The van der Waals surface area contributed by atoms with E-state index in [4.69, 9.17) is 27.6 Å². The number of rotatable bonds is 7. The highest BCUT2D eigenvalue weighted by Crippen LogP contribution is 2.29. The van der Waals surface area contributed by atoms with Crippen LogP contribution in [0.25, 0.3) is 0 Å². The highest BCUT2D eigenvalue weighted by atomic mass is 35.5. The number of nitrogens with zero attached hydrogens (tertiary/aromatic N) is 3. The second-order valence-corrected chi connectivity index (χ2v) is 8.02. The zero-order valence-corrected chi connectivity index (χ0v) is 16.6. The minimum Gasteiger partial charge on any atom is -0.467 e. The van der Waals surface area contributed by atoms with Gasteiger partial charge in [-0.3, -0.25) is 4.79 Å². The molecule has 0 aliphatic heterocycles. The van der Waals surface area contributed by atoms with Crippen molar-refractivity contribution in [3.8, 4) is 0 Å². The Kier molecular flexibility index (Phi) is 6.36. The van der Waals surface area contributed by atoms with Gasteiger partial charge < -0.3 is 15.1 Å². The Bertz CT molecular complexity index is 902. The summed E-state index contributed by atoms with van der Waals surface area (Å²) in [6.45, 7) is 2.28. The van der Waals surface area contributed by atoms with Crippen molar-refractivity contribution in [2.24, 2.45) is 0 Å². The predicted molar refractivity (Wildman–Crippen MR) is 104 cm³/mol. The van der Waals surface area contributed by atoms with Crippen LogP contribution in [0.2, 0.25) is 10.0 Å². The third-order valence-corrected chi connectivity index (χ3v) is 6.05. The first-order valence-electron chi connectivity index (χ1n) is 7.36. The molecule has 0 saturated heterocycles. The fourth-order valence-electron chi connectivity index (χ4n) is 1.86. The molecule has 0 aromatic carbocycles. The van der Waals surface area contributed by atoms with Gasteiger partial charge in [0.05, 0.1) is 28.6 Å². The van der Waals surface area contributed by atoms with Gasteiger partial charge in [-0.05, 0) is 24.6 Å². The van der Waals surface area contributed by atoms with Crippen LogP contribution in [-0.4, -0.2) is 26.8 Å². The van der Waals surface area contributed by atoms with Gasteiger partial charge in [0.2, 0.25) is 11.0 Å². The zero-order chi connectivity index (χ0) is 18.5. The van der Waals surface area contributed by atoms with E-state index >= 15 is 0 Å². The monoisotopic (exact) mass is 429 g/mol. The van der Waals surface area contributed by atoms with Crippen LogP contribution in [0.15, 0.2) is 33.3 Å². The smallest absolute Gasteiger partial charge is 0.236 e. The summed E-state index contributed by atoms with van der Waals surface area (Å²) >= 11 is 14.7. The Labute approximate surface area is 167 Å². The molecule has 3 aromatic rings. The molecule has 0 fully saturated rings. The number of anilines is 2. The van der Waals surface area contributed by atoms with E-state index in [-0.39, 0.29) is 17.5 Å². The highest BCUT2D eigenvalue weighted by molar-refractivity contribution is 8.01. The van der Waals surface area contributed by atoms with Crippen LogP contribution < -0.4 is 10.6 Å². The summed E-state index contributed by atoms with van der Waals surface area (Å²) < 4.78 is 5.91. The summed E-state index contributed by atoms with van der Waals surface area (Å²) in [6.07, 6.45) is 3.06. The molecule has 11 heteroatoms. The van der Waals surface area contributed by atoms with Gasteiger partial charge in [-0.15, -0.1) is 10.2 Å². The molecule has 0 bridgehead atoms. The lowest BCUT2D eigenvalue weighted by atomic mass is 10.3. The molecule has 0 spiro atoms. The predicted octanol–water partition coefficient (Wildman–Crippen LogP) is 4.48. The standard InChI is InChI=1S/C15H13Cl2N5O2S2/c1-8-10(16)6-18-13(12(8)17)20-11(23)7-25-15-22-21-14(26-15)19-5-9-3-2-4-24-9/h2-4,6H,5,7H2,1H3,(H,19,21)(H,18,20,23). The van der Waals surface area contributed by atoms with Crippen molar-refractivity contribution in [2.75, 3.05) is 16.4 Å². The van der Waals surface area contributed by atoms with Crippen LogP contribution in [0.5, 0.6) is 0 Å². The van der Waals surface area contributed by atoms with Crippen molar-refractivity contribution in [1.29, 1.82) is 0 Å². The van der Waals surface area contributed by atoms with Crippen molar-refractivity contribution in [3.05, 3.63) is 46.0 Å². The maximum absolute atomic E-state index is 12.1. The normalized spacial score (nSPS) is 10.7. The van der Waals surface area contributed by atoms with Gasteiger partial charge in [-0.2, -0.15) is 0 Å². The molecule has 0 aliphatic rings. The molecule has 26 heavy (non-hydrogen) atoms. The van der Waals surface area contributed by atoms with Gasteiger partial charge in [-0.1, -0.05) is 46.3 Å². The van der Waals surface area contributed by atoms with Gasteiger partial charge in [0, 0.05) is 6.20 Å². The summed E-state index contributed by atoms with van der Waals surface area (Å²) in [5, 5.41) is 15.3. The Morgan fingerprint density at radius 3 is 3.00 bits per heavy atom. The van der Waals surface area contributed by atoms with Crippen molar-refractivity contribution < 1.29 is 9.21 Å². The SMILES string of the molecule is Cc1c(Cl)cnc(NC(=O)CSc2nnc(NCc3ccco3)s2)c1Cl. The lowest BCUT2D eigenvalue weighted by molar-refractivity contribution is -0.113. The van der Waals surface area contributed by atoms with Crippen LogP contribution in [0, 0.1) is 6.92 Å². The number of carbonyl (C=O) groups is 1. The molecule has 1 amide bonds. The number of amides is 1. The average Bonchev–Trinajstić information content (AvgIpc) is 3.30. The largest absolute Gasteiger partial charge is 0.467 e. The number of nitrogens with one attached hydrogen (secondary N) is 2. The van der Waals surface area contributed by atoms with E-state index in [0.717, 1.165) is 5.76 Å². The quantitative estimate of drug-likeness (QED) is 0.534. The van der Waals surface area contributed by atoms with Crippen molar-refractivity contribution in [1.82, 2.24) is 15.2 Å². The van der Waals surface area contributed by atoms with E-state index in [9.17, 15) is 4.79 Å². The fourth-order valence-corrected chi connectivity index (χ4v) is 3.79. The van der Waals surface area contributed by atoms with Crippen LogP contribution in [-0.2, 0) is 11.3 Å². The van der Waals surface area contributed by atoms with Gasteiger partial charge in [0.25, 0.3) is 0 Å². The number of thioether (sulfide) groups is 1. The Balaban J connectivity index is 1.49. The first kappa shape index (κ1) is 19.0. The number of carbonyl (C=O) groups excluding carboxylic acids is 1. The van der Waals surface area contributed by atoms with Crippen molar-refractivity contribution in [2.45, 2.75) is 17.8 Å². The zero-order valence-electron chi connectivity index (χ0n) is 13.5. The summed E-state index contributed by atoms with van der Waals surface area (Å²) in [6, 6.07) is 3.69. The third-order valence-electron chi connectivity index (χ3n) is 3.19. The average molecular weight is 430 g/mol. The minimum absolute atomic E-state index is 0.159. The van der Waals surface area contributed by atoms with E-state index in [1.807, 2.05) is 12.1 Å². The summed E-state index contributed by atoms with van der Waals surface area (Å²) in [5.41, 5.74) is 0.669. The van der Waals surface area contributed by atoms with Crippen molar-refractivity contribution in [3.63, 3.8) is 0 Å². The number of pyridine rings is 1. The molecular formula is C15H13Cl2N5O2S2. The molecule has 0 unspecified atom stereocenters. The van der Waals surface area contributed by atoms with Crippen LogP contribution in [0.3, 0.4) is 0 Å². The molecule has 0 radical (unpaired) electrons. The lowest BCUT2D eigenvalue weighted by Crippen LogP contribution is -2.15. The second-order valence-electron chi connectivity index (χ2n) is 5.04. The first-order chi connectivity index (χ1) is 12.5. The molecule has 3 aromatic heterocycles. The molecule has 2 N–H and O–H groups in total. The van der Waals surface area contributed by atoms with Gasteiger partial charge >= 0.3 is 0 Å². The van der Waals surface area contributed by atoms with E-state index in [1.54, 1.807) is 13.2 Å². The number of hydrogen-bond acceptors (Lipinski definition) is 8. The Morgan fingerprint density at radius 2 is 2.23 bits per heavy atom. The number of hydrogen-bond donors (Lipinski definition) is 2. The minimum atomic E-state index is -0.244. The van der Waals surface area contributed by atoms with E-state index in [1.165, 1.54) is 29.3 Å². The van der Waals surface area contributed by atoms with Gasteiger partial charge in [0.15, 0.2) is 10.2 Å². The Morgan fingerprint density at radius 1 is 1.38 bits per heavy atom. The van der Waals surface area contributed by atoms with Crippen LogP contribution in [0.1, 0.15) is 11.3 Å². The van der Waals surface area contributed by atoms with Crippen molar-refractivity contribution >= 4 is 63.2 Å². The molecule has 7 nitrogen and oxygen atoms in total. The highest BCUT2D eigenvalue weighted by Gasteiger charge is 2.13. The van der Waals surface area contributed by atoms with Gasteiger partial charge in [-0.25, -0.2) is 4.98 Å². The summed E-state index contributed by atoms with van der Waals surface area (Å²) in [4.78, 5) is 16.1. The van der Waals surface area contributed by atoms with E-state index in [2.05, 4.69) is 25.8 Å². The van der Waals surface area contributed by atoms with E-state index < -0.39 is 0 Å². The van der Waals surface area contributed by atoms with Crippen LogP contribution in [0.4, 0.5) is 10.9 Å². The second kappa shape index (κ2) is 8.72. The van der Waals surface area contributed by atoms with Gasteiger partial charge in [0.1, 0.15) is 5.76 Å². The topological polar surface area (TPSA) is 92.9 Å². The number of aromatic nitrogens is 3. The maximum Gasteiger partial charge on any atom is 0.236 e. The third kappa shape index (κ3) is 4.88. The summed E-state index contributed by atoms with van der Waals surface area (Å²) in [5.74, 6) is 1.01. The molecule has 3 heterocycles. The molecule has 0 atom stereocenters. The molecule has 3 rings (SSSR count). The van der Waals surface area contributed by atoms with E-state index in [0.29, 0.717) is 31.6 Å². The molecular weight excluding hydrogens is 417 g/mol. The Hall–Kier alpha value is -1.81. The lowest BCUT2D eigenvalue weighted by Gasteiger charge is -2.08.